The van der Waals surface area contributed by atoms with Crippen molar-refractivity contribution >= 4 is 23.5 Å². The molecule has 0 saturated carbocycles. The average molecular weight is 316 g/mol. The van der Waals surface area contributed by atoms with Gasteiger partial charge >= 0.3 is 0 Å². The van der Waals surface area contributed by atoms with Crippen molar-refractivity contribution in [2.75, 3.05) is 6.54 Å². The zero-order valence-electron chi connectivity index (χ0n) is 11.3. The first kappa shape index (κ1) is 18.4. The van der Waals surface area contributed by atoms with Gasteiger partial charge < -0.3 is 32.5 Å². The number of hydrogen-bond donors (Lipinski definition) is 3. The first-order valence-electron chi connectivity index (χ1n) is 5.72. The van der Waals surface area contributed by atoms with Gasteiger partial charge in [-0.05, 0) is 18.1 Å². The summed E-state index contributed by atoms with van der Waals surface area (Å²) < 4.78 is 0. The van der Waals surface area contributed by atoms with Crippen molar-refractivity contribution in [3.05, 3.63) is 50.8 Å². The molecule has 0 atom stereocenters. The molecule has 0 heterocycles. The molecule has 0 aliphatic heterocycles. The third-order valence-corrected chi connectivity index (χ3v) is 2.59. The van der Waals surface area contributed by atoms with Gasteiger partial charge in [-0.15, -0.1) is 11.6 Å². The van der Waals surface area contributed by atoms with Gasteiger partial charge in [0.25, 0.3) is 0 Å². The lowest BCUT2D eigenvalue weighted by atomic mass is 10.3. The van der Waals surface area contributed by atoms with Crippen molar-refractivity contribution < 1.29 is 5.09 Å². The number of rotatable bonds is 1. The summed E-state index contributed by atoms with van der Waals surface area (Å²) in [6.07, 6.45) is 8.25. The van der Waals surface area contributed by atoms with Crippen LogP contribution in [0.5, 0.6) is 0 Å². The minimum Gasteiger partial charge on any atom is -0.370 e. The van der Waals surface area contributed by atoms with E-state index < -0.39 is 5.09 Å². The van der Waals surface area contributed by atoms with Gasteiger partial charge in [0.1, 0.15) is 0 Å². The van der Waals surface area contributed by atoms with Gasteiger partial charge in [0.2, 0.25) is 5.96 Å². The van der Waals surface area contributed by atoms with Crippen LogP contribution in [0, 0.1) is 15.3 Å². The molecule has 0 amide bonds. The quantitative estimate of drug-likeness (QED) is 0.208. The minimum atomic E-state index is -1.75. The Morgan fingerprint density at radius 1 is 1.29 bits per heavy atom. The van der Waals surface area contributed by atoms with Crippen LogP contribution in [0.3, 0.4) is 0 Å². The molecule has 9 nitrogen and oxygen atoms in total. The lowest BCUT2D eigenvalue weighted by Gasteiger charge is -1.94. The number of guanidine groups is 2. The van der Waals surface area contributed by atoms with E-state index in [0.717, 1.165) is 0 Å². The van der Waals surface area contributed by atoms with Gasteiger partial charge in [-0.3, -0.25) is 4.99 Å². The number of nitrogens with zero attached hydrogens (tertiary/aromatic N) is 3. The smallest absolute Gasteiger partial charge is 0.218 e. The van der Waals surface area contributed by atoms with E-state index in [4.69, 9.17) is 44.1 Å². The third-order valence-electron chi connectivity index (χ3n) is 2.09. The molecule has 6 N–H and O–H groups in total. The number of alkyl halides is 1. The summed E-state index contributed by atoms with van der Waals surface area (Å²) in [7, 11) is 0. The summed E-state index contributed by atoms with van der Waals surface area (Å²) in [4.78, 5) is 15.4. The number of aliphatic imine (C=N–C) groups is 2. The molecule has 0 fully saturated rings. The maximum Gasteiger partial charge on any atom is 0.218 e. The fraction of sp³-hybridized carbons (Fsp3) is 0.273. The summed E-state index contributed by atoms with van der Waals surface area (Å²) in [5.74, 6) is 0.0576. The largest absolute Gasteiger partial charge is 0.370 e. The number of halogens is 1. The first-order chi connectivity index (χ1) is 9.77. The molecule has 0 aromatic heterocycles. The first-order valence-corrected chi connectivity index (χ1v) is 6.16. The van der Waals surface area contributed by atoms with Crippen molar-refractivity contribution in [1.82, 2.24) is 0 Å². The monoisotopic (exact) mass is 315 g/mol. The van der Waals surface area contributed by atoms with Gasteiger partial charge in [-0.25, -0.2) is 0 Å². The van der Waals surface area contributed by atoms with Gasteiger partial charge in [-0.2, -0.15) is 4.99 Å². The van der Waals surface area contributed by atoms with E-state index in [-0.39, 0.29) is 17.3 Å². The predicted molar refractivity (Wildman–Crippen MR) is 83.3 cm³/mol. The Morgan fingerprint density at radius 2 is 1.71 bits per heavy atom. The Kier molecular flexibility index (Phi) is 8.23. The number of hydrogen-bond acceptors (Lipinski definition) is 4. The highest BCUT2D eigenvalue weighted by molar-refractivity contribution is 6.25. The standard InChI is InChI=1S/C7H5Cl.C4H11N5.NO3/c8-7-5-1-2-6(7)4-3-5;1-2-8-4(7)9-3(5)6;2-1(3)4/h1-4,7H;2H2,1H3,(H6,5,6,7,8,9);/q;;-1. The number of fused-ring (bicyclic) bond motifs is 2. The molecule has 0 radical (unpaired) electrons. The Balaban J connectivity index is 0.000000307. The second kappa shape index (κ2) is 9.37. The fourth-order valence-corrected chi connectivity index (χ4v) is 1.65. The highest BCUT2D eigenvalue weighted by atomic mass is 35.5. The molecule has 2 bridgehead atoms. The molecule has 0 unspecified atom stereocenters. The summed E-state index contributed by atoms with van der Waals surface area (Å²) >= 11 is 5.88. The zero-order valence-corrected chi connectivity index (χ0v) is 12.0. The second-order valence-corrected chi connectivity index (χ2v) is 4.06. The van der Waals surface area contributed by atoms with Crippen LogP contribution in [-0.2, 0) is 0 Å². The van der Waals surface area contributed by atoms with Crippen LogP contribution in [0.4, 0.5) is 0 Å². The van der Waals surface area contributed by atoms with E-state index >= 15 is 0 Å². The summed E-state index contributed by atoms with van der Waals surface area (Å²) in [5, 5.41) is 14.9. The van der Waals surface area contributed by atoms with Crippen molar-refractivity contribution in [3.8, 4) is 0 Å². The van der Waals surface area contributed by atoms with Crippen molar-refractivity contribution in [2.24, 2.45) is 27.2 Å². The van der Waals surface area contributed by atoms with E-state index in [1.165, 1.54) is 11.1 Å². The van der Waals surface area contributed by atoms with Crippen molar-refractivity contribution in [2.45, 2.75) is 12.3 Å². The third kappa shape index (κ3) is 8.26. The van der Waals surface area contributed by atoms with Crippen molar-refractivity contribution in [3.63, 3.8) is 0 Å². The molecule has 0 saturated heterocycles. The van der Waals surface area contributed by atoms with Gasteiger partial charge in [-0.1, -0.05) is 24.3 Å². The highest BCUT2D eigenvalue weighted by Crippen LogP contribution is 2.32. The Bertz CT molecular complexity index is 494. The molecule has 10 heteroatoms. The molecule has 2 rings (SSSR count). The maximum absolute atomic E-state index is 8.25. The number of allylic oxidation sites excluding steroid dienone is 6. The Labute approximate surface area is 126 Å². The molecule has 2 aliphatic carbocycles. The fourth-order valence-electron chi connectivity index (χ4n) is 1.36. The van der Waals surface area contributed by atoms with Gasteiger partial charge in [0.05, 0.1) is 10.5 Å². The number of nitrogens with two attached hydrogens (primary N) is 3. The zero-order chi connectivity index (χ0) is 16.4. The highest BCUT2D eigenvalue weighted by Gasteiger charge is 2.21. The lowest BCUT2D eigenvalue weighted by molar-refractivity contribution is -0.402. The molecule has 116 valence electrons. The van der Waals surface area contributed by atoms with Crippen LogP contribution >= 0.6 is 11.6 Å². The van der Waals surface area contributed by atoms with Crippen LogP contribution in [0.25, 0.3) is 0 Å². The molecule has 2 aliphatic rings. The minimum absolute atomic E-state index is 0.0651. The Hall–Kier alpha value is -2.55. The van der Waals surface area contributed by atoms with E-state index in [1.54, 1.807) is 0 Å². The summed E-state index contributed by atoms with van der Waals surface area (Å²) in [6.45, 7) is 2.43. The second-order valence-electron chi connectivity index (χ2n) is 3.62. The lowest BCUT2D eigenvalue weighted by Crippen LogP contribution is -2.26. The summed E-state index contributed by atoms with van der Waals surface area (Å²) in [5.41, 5.74) is 17.6. The molecular formula is C11H16ClN6O3-. The topological polar surface area (TPSA) is 169 Å². The van der Waals surface area contributed by atoms with Crippen LogP contribution in [0.1, 0.15) is 6.92 Å². The molecule has 0 aromatic rings. The maximum atomic E-state index is 8.25. The average Bonchev–Trinajstić information content (AvgIpc) is 2.87. The van der Waals surface area contributed by atoms with Crippen LogP contribution in [0.15, 0.2) is 45.4 Å². The van der Waals surface area contributed by atoms with Gasteiger partial charge in [0.15, 0.2) is 5.96 Å². The van der Waals surface area contributed by atoms with Crippen LogP contribution < -0.4 is 17.2 Å². The molecule has 21 heavy (non-hydrogen) atoms. The van der Waals surface area contributed by atoms with Gasteiger partial charge in [0, 0.05) is 6.54 Å². The SMILES string of the molecule is CCN=C(N)N=C(N)N.ClC1C2=CC=C1C=C2.O=[N+]([O-])[O-]. The summed E-state index contributed by atoms with van der Waals surface area (Å²) in [6, 6.07) is 0. The normalized spacial score (nSPS) is 15.0. The van der Waals surface area contributed by atoms with Crippen LogP contribution in [0.2, 0.25) is 0 Å². The predicted octanol–water partition coefficient (Wildman–Crippen LogP) is 0.385. The van der Waals surface area contributed by atoms with Crippen LogP contribution in [-0.4, -0.2) is 28.9 Å². The van der Waals surface area contributed by atoms with Crippen molar-refractivity contribution in [1.29, 1.82) is 0 Å². The van der Waals surface area contributed by atoms with E-state index in [1.807, 2.05) is 6.92 Å². The van der Waals surface area contributed by atoms with E-state index in [2.05, 4.69) is 34.3 Å². The van der Waals surface area contributed by atoms with E-state index in [0.29, 0.717) is 6.54 Å². The molecular weight excluding hydrogens is 300 g/mol. The van der Waals surface area contributed by atoms with E-state index in [9.17, 15) is 0 Å². The molecule has 0 spiro atoms. The molecule has 0 aromatic carbocycles. The Morgan fingerprint density at radius 3 is 1.90 bits per heavy atom.